The molecule has 1 N–H and O–H groups in total. The van der Waals surface area contributed by atoms with E-state index in [9.17, 15) is 0 Å². The standard InChI is InChI=1S/C15H19BrN2/c1-3-6-11(4-2)18-15-13-7-5-8-14(16)12(13)9-10-17-15/h5,7-11H,3-4,6H2,1-2H3,(H,17,18). The highest BCUT2D eigenvalue weighted by molar-refractivity contribution is 9.10. The molecule has 0 saturated carbocycles. The molecule has 1 heterocycles. The zero-order chi connectivity index (χ0) is 13.0. The quantitative estimate of drug-likeness (QED) is 0.842. The van der Waals surface area contributed by atoms with E-state index in [1.165, 1.54) is 23.6 Å². The van der Waals surface area contributed by atoms with E-state index in [4.69, 9.17) is 0 Å². The summed E-state index contributed by atoms with van der Waals surface area (Å²) in [4.78, 5) is 4.49. The molecule has 0 aliphatic rings. The predicted octanol–water partition coefficient (Wildman–Crippen LogP) is 4.99. The minimum Gasteiger partial charge on any atom is -0.367 e. The number of halogens is 1. The first-order chi connectivity index (χ1) is 8.76. The molecule has 2 rings (SSSR count). The number of hydrogen-bond acceptors (Lipinski definition) is 2. The number of nitrogens with one attached hydrogen (secondary N) is 1. The van der Waals surface area contributed by atoms with E-state index in [1.807, 2.05) is 12.3 Å². The van der Waals surface area contributed by atoms with Gasteiger partial charge in [-0.1, -0.05) is 48.3 Å². The van der Waals surface area contributed by atoms with E-state index in [-0.39, 0.29) is 0 Å². The molecule has 0 saturated heterocycles. The molecule has 2 aromatic rings. The molecule has 0 spiro atoms. The van der Waals surface area contributed by atoms with Crippen LogP contribution in [0, 0.1) is 0 Å². The molecule has 1 unspecified atom stereocenters. The lowest BCUT2D eigenvalue weighted by atomic mass is 10.1. The molecule has 96 valence electrons. The summed E-state index contributed by atoms with van der Waals surface area (Å²) >= 11 is 3.59. The number of fused-ring (bicyclic) bond motifs is 1. The van der Waals surface area contributed by atoms with Crippen LogP contribution in [0.2, 0.25) is 0 Å². The molecule has 1 atom stereocenters. The van der Waals surface area contributed by atoms with Gasteiger partial charge in [-0.15, -0.1) is 0 Å². The largest absolute Gasteiger partial charge is 0.367 e. The molecular weight excluding hydrogens is 288 g/mol. The monoisotopic (exact) mass is 306 g/mol. The summed E-state index contributed by atoms with van der Waals surface area (Å²) in [6.45, 7) is 4.44. The second-order valence-corrected chi connectivity index (χ2v) is 5.39. The van der Waals surface area contributed by atoms with Crippen LogP contribution in [0.25, 0.3) is 10.8 Å². The fourth-order valence-corrected chi connectivity index (χ4v) is 2.70. The Labute approximate surface area is 117 Å². The molecule has 0 fully saturated rings. The highest BCUT2D eigenvalue weighted by atomic mass is 79.9. The Hall–Kier alpha value is -1.09. The molecule has 0 aliphatic carbocycles. The van der Waals surface area contributed by atoms with Crippen molar-refractivity contribution in [2.45, 2.75) is 39.2 Å². The van der Waals surface area contributed by atoms with Crippen LogP contribution in [-0.2, 0) is 0 Å². The van der Waals surface area contributed by atoms with Gasteiger partial charge >= 0.3 is 0 Å². The van der Waals surface area contributed by atoms with E-state index in [1.54, 1.807) is 0 Å². The lowest BCUT2D eigenvalue weighted by Crippen LogP contribution is -2.18. The van der Waals surface area contributed by atoms with Crippen LogP contribution < -0.4 is 5.32 Å². The van der Waals surface area contributed by atoms with Crippen LogP contribution in [0.1, 0.15) is 33.1 Å². The van der Waals surface area contributed by atoms with E-state index < -0.39 is 0 Å². The first-order valence-corrected chi connectivity index (χ1v) is 7.35. The molecular formula is C15H19BrN2. The van der Waals surface area contributed by atoms with Crippen molar-refractivity contribution in [1.82, 2.24) is 4.98 Å². The fourth-order valence-electron chi connectivity index (χ4n) is 2.20. The molecule has 0 bridgehead atoms. The van der Waals surface area contributed by atoms with Gasteiger partial charge in [0.05, 0.1) is 0 Å². The van der Waals surface area contributed by atoms with Gasteiger partial charge in [-0.05, 0) is 25.0 Å². The van der Waals surface area contributed by atoms with Crippen molar-refractivity contribution in [3.63, 3.8) is 0 Å². The Balaban J connectivity index is 2.36. The van der Waals surface area contributed by atoms with Gasteiger partial charge in [0.1, 0.15) is 5.82 Å². The first-order valence-electron chi connectivity index (χ1n) is 6.56. The summed E-state index contributed by atoms with van der Waals surface area (Å²) in [5.74, 6) is 0.995. The number of benzene rings is 1. The second-order valence-electron chi connectivity index (χ2n) is 4.53. The van der Waals surface area contributed by atoms with E-state index in [2.05, 4.69) is 58.3 Å². The molecule has 0 aliphatic heterocycles. The Morgan fingerprint density at radius 1 is 1.22 bits per heavy atom. The van der Waals surface area contributed by atoms with Gasteiger partial charge in [0.15, 0.2) is 0 Å². The Morgan fingerprint density at radius 2 is 2.06 bits per heavy atom. The average molecular weight is 307 g/mol. The van der Waals surface area contributed by atoms with Crippen LogP contribution in [-0.4, -0.2) is 11.0 Å². The third kappa shape index (κ3) is 2.83. The minimum atomic E-state index is 0.507. The maximum Gasteiger partial charge on any atom is 0.134 e. The van der Waals surface area contributed by atoms with Crippen molar-refractivity contribution >= 4 is 32.5 Å². The van der Waals surface area contributed by atoms with Crippen LogP contribution in [0.15, 0.2) is 34.9 Å². The van der Waals surface area contributed by atoms with Crippen LogP contribution in [0.3, 0.4) is 0 Å². The number of hydrogen-bond donors (Lipinski definition) is 1. The third-order valence-electron chi connectivity index (χ3n) is 3.22. The van der Waals surface area contributed by atoms with E-state index in [0.717, 1.165) is 16.7 Å². The van der Waals surface area contributed by atoms with Crippen molar-refractivity contribution < 1.29 is 0 Å². The third-order valence-corrected chi connectivity index (χ3v) is 3.92. The number of rotatable bonds is 5. The van der Waals surface area contributed by atoms with Gasteiger partial charge in [0.2, 0.25) is 0 Å². The van der Waals surface area contributed by atoms with Gasteiger partial charge in [0.25, 0.3) is 0 Å². The lowest BCUT2D eigenvalue weighted by molar-refractivity contribution is 0.621. The van der Waals surface area contributed by atoms with E-state index in [0.29, 0.717) is 6.04 Å². The summed E-state index contributed by atoms with van der Waals surface area (Å²) in [6, 6.07) is 8.79. The van der Waals surface area contributed by atoms with Gasteiger partial charge in [-0.3, -0.25) is 0 Å². The molecule has 18 heavy (non-hydrogen) atoms. The second kappa shape index (κ2) is 6.19. The number of nitrogens with zero attached hydrogens (tertiary/aromatic N) is 1. The van der Waals surface area contributed by atoms with Gasteiger partial charge in [-0.25, -0.2) is 4.98 Å². The average Bonchev–Trinajstić information content (AvgIpc) is 2.39. The fraction of sp³-hybridized carbons (Fsp3) is 0.400. The first kappa shape index (κ1) is 13.3. The number of anilines is 1. The molecule has 0 radical (unpaired) electrons. The summed E-state index contributed by atoms with van der Waals surface area (Å²) in [7, 11) is 0. The molecule has 1 aromatic carbocycles. The van der Waals surface area contributed by atoms with Crippen LogP contribution in [0.5, 0.6) is 0 Å². The summed E-state index contributed by atoms with van der Waals surface area (Å²) in [5, 5.41) is 5.96. The smallest absolute Gasteiger partial charge is 0.134 e. The van der Waals surface area contributed by atoms with Crippen molar-refractivity contribution in [1.29, 1.82) is 0 Å². The zero-order valence-corrected chi connectivity index (χ0v) is 12.5. The Kier molecular flexibility index (Phi) is 4.59. The minimum absolute atomic E-state index is 0.507. The predicted molar refractivity (Wildman–Crippen MR) is 82.1 cm³/mol. The maximum atomic E-state index is 4.49. The van der Waals surface area contributed by atoms with Crippen LogP contribution >= 0.6 is 15.9 Å². The molecule has 0 amide bonds. The van der Waals surface area contributed by atoms with Gasteiger partial charge < -0.3 is 5.32 Å². The van der Waals surface area contributed by atoms with Crippen molar-refractivity contribution in [3.8, 4) is 0 Å². The molecule has 2 nitrogen and oxygen atoms in total. The Morgan fingerprint density at radius 3 is 2.78 bits per heavy atom. The maximum absolute atomic E-state index is 4.49. The SMILES string of the molecule is CCCC(CC)Nc1nccc2c(Br)cccc12. The van der Waals surface area contributed by atoms with Gasteiger partial charge in [0, 0.05) is 27.5 Å². The lowest BCUT2D eigenvalue weighted by Gasteiger charge is -2.18. The number of pyridine rings is 1. The van der Waals surface area contributed by atoms with E-state index >= 15 is 0 Å². The molecule has 1 aromatic heterocycles. The Bertz CT molecular complexity index is 525. The van der Waals surface area contributed by atoms with Crippen LogP contribution in [0.4, 0.5) is 5.82 Å². The van der Waals surface area contributed by atoms with Crippen molar-refractivity contribution in [2.75, 3.05) is 5.32 Å². The van der Waals surface area contributed by atoms with Crippen molar-refractivity contribution in [3.05, 3.63) is 34.9 Å². The molecule has 3 heteroatoms. The van der Waals surface area contributed by atoms with Gasteiger partial charge in [-0.2, -0.15) is 0 Å². The highest BCUT2D eigenvalue weighted by Crippen LogP contribution is 2.28. The zero-order valence-electron chi connectivity index (χ0n) is 10.9. The summed E-state index contributed by atoms with van der Waals surface area (Å²) < 4.78 is 1.12. The normalized spacial score (nSPS) is 12.6. The highest BCUT2D eigenvalue weighted by Gasteiger charge is 2.09. The summed E-state index contributed by atoms with van der Waals surface area (Å²) in [6.07, 6.45) is 5.37. The number of aromatic nitrogens is 1. The summed E-state index contributed by atoms with van der Waals surface area (Å²) in [5.41, 5.74) is 0. The van der Waals surface area contributed by atoms with Crippen molar-refractivity contribution in [2.24, 2.45) is 0 Å². The topological polar surface area (TPSA) is 24.9 Å².